The fraction of sp³-hybridized carbons (Fsp3) is 0.500. The molecule has 0 aliphatic carbocycles. The van der Waals surface area contributed by atoms with Gasteiger partial charge in [-0.2, -0.15) is 5.10 Å². The molecular weight excluding hydrogens is 437 g/mol. The molecule has 1 N–H and O–H groups in total. The minimum atomic E-state index is 0. The fourth-order valence-electron chi connectivity index (χ4n) is 2.82. The fourth-order valence-corrected chi connectivity index (χ4v) is 2.82. The van der Waals surface area contributed by atoms with Gasteiger partial charge < -0.3 is 10.2 Å². The van der Waals surface area contributed by atoms with E-state index >= 15 is 0 Å². The predicted octanol–water partition coefficient (Wildman–Crippen LogP) is 4.04. The van der Waals surface area contributed by atoms with Crippen LogP contribution in [0.15, 0.2) is 41.5 Å². The molecule has 0 saturated heterocycles. The van der Waals surface area contributed by atoms with E-state index in [1.807, 2.05) is 29.9 Å². The summed E-state index contributed by atoms with van der Waals surface area (Å²) in [4.78, 5) is 6.56. The average molecular weight is 469 g/mol. The molecular formula is C20H32IN5. The molecule has 0 radical (unpaired) electrons. The zero-order valence-electron chi connectivity index (χ0n) is 16.4. The molecule has 1 heterocycles. The maximum atomic E-state index is 4.64. The second-order valence-corrected chi connectivity index (χ2v) is 6.37. The Morgan fingerprint density at radius 1 is 1.23 bits per heavy atom. The maximum Gasteiger partial charge on any atom is 0.193 e. The second kappa shape index (κ2) is 11.9. The Morgan fingerprint density at radius 2 is 1.96 bits per heavy atom. The first kappa shape index (κ1) is 22.5. The quantitative estimate of drug-likeness (QED) is 0.275. The molecule has 2 rings (SSSR count). The van der Waals surface area contributed by atoms with E-state index in [0.717, 1.165) is 43.3 Å². The van der Waals surface area contributed by atoms with E-state index in [1.165, 1.54) is 18.4 Å². The summed E-state index contributed by atoms with van der Waals surface area (Å²) in [5.74, 6) is 0.977. The molecule has 26 heavy (non-hydrogen) atoms. The predicted molar refractivity (Wildman–Crippen MR) is 121 cm³/mol. The summed E-state index contributed by atoms with van der Waals surface area (Å²) in [6, 6.07) is 10.3. The zero-order valence-corrected chi connectivity index (χ0v) is 18.7. The Bertz CT molecular complexity index is 666. The Morgan fingerprint density at radius 3 is 2.62 bits per heavy atom. The first-order valence-corrected chi connectivity index (χ1v) is 9.18. The van der Waals surface area contributed by atoms with Crippen LogP contribution in [-0.2, 0) is 6.42 Å². The van der Waals surface area contributed by atoms with Crippen molar-refractivity contribution in [1.29, 1.82) is 0 Å². The number of nitrogens with one attached hydrogen (secondary N) is 1. The molecule has 1 aromatic heterocycles. The highest BCUT2D eigenvalue weighted by molar-refractivity contribution is 14.0. The van der Waals surface area contributed by atoms with Gasteiger partial charge in [-0.15, -0.1) is 24.0 Å². The van der Waals surface area contributed by atoms with E-state index < -0.39 is 0 Å². The van der Waals surface area contributed by atoms with E-state index in [1.54, 1.807) is 0 Å². The number of rotatable bonds is 8. The van der Waals surface area contributed by atoms with E-state index in [-0.39, 0.29) is 24.0 Å². The van der Waals surface area contributed by atoms with Crippen LogP contribution in [-0.4, -0.2) is 47.8 Å². The van der Waals surface area contributed by atoms with Crippen molar-refractivity contribution >= 4 is 29.9 Å². The lowest BCUT2D eigenvalue weighted by Crippen LogP contribution is -2.39. The number of aromatic nitrogens is 2. The van der Waals surface area contributed by atoms with Gasteiger partial charge in [0.25, 0.3) is 0 Å². The van der Waals surface area contributed by atoms with Gasteiger partial charge in [-0.1, -0.05) is 31.5 Å². The summed E-state index contributed by atoms with van der Waals surface area (Å²) in [7, 11) is 3.94. The van der Waals surface area contributed by atoms with Crippen molar-refractivity contribution in [3.05, 3.63) is 47.8 Å². The van der Waals surface area contributed by atoms with Crippen molar-refractivity contribution in [3.8, 4) is 5.69 Å². The van der Waals surface area contributed by atoms with Gasteiger partial charge in [0.2, 0.25) is 0 Å². The number of hydrogen-bond acceptors (Lipinski definition) is 2. The number of halogens is 1. The number of aryl methyl sites for hydroxylation is 2. The van der Waals surface area contributed by atoms with Gasteiger partial charge >= 0.3 is 0 Å². The summed E-state index contributed by atoms with van der Waals surface area (Å²) in [5, 5.41) is 8.09. The smallest absolute Gasteiger partial charge is 0.193 e. The number of nitrogens with zero attached hydrogens (tertiary/aromatic N) is 4. The molecule has 0 aliphatic heterocycles. The molecule has 144 valence electrons. The zero-order chi connectivity index (χ0) is 18.1. The molecule has 5 nitrogen and oxygen atoms in total. The van der Waals surface area contributed by atoms with Crippen molar-refractivity contribution in [2.45, 2.75) is 39.5 Å². The lowest BCUT2D eigenvalue weighted by molar-refractivity contribution is 0.464. The summed E-state index contributed by atoms with van der Waals surface area (Å²) >= 11 is 0. The van der Waals surface area contributed by atoms with Crippen LogP contribution >= 0.6 is 24.0 Å². The second-order valence-electron chi connectivity index (χ2n) is 6.37. The Balaban J connectivity index is 0.00000338. The van der Waals surface area contributed by atoms with E-state index in [2.05, 4.69) is 59.5 Å². The normalized spacial score (nSPS) is 11.2. The third-order valence-corrected chi connectivity index (χ3v) is 4.35. The summed E-state index contributed by atoms with van der Waals surface area (Å²) in [6.45, 7) is 6.25. The van der Waals surface area contributed by atoms with Crippen LogP contribution in [0.3, 0.4) is 0 Å². The van der Waals surface area contributed by atoms with Gasteiger partial charge in [-0.05, 0) is 43.9 Å². The molecule has 1 aromatic carbocycles. The van der Waals surface area contributed by atoms with Crippen molar-refractivity contribution in [3.63, 3.8) is 0 Å². The molecule has 0 spiro atoms. The van der Waals surface area contributed by atoms with Crippen LogP contribution in [0.5, 0.6) is 0 Å². The van der Waals surface area contributed by atoms with E-state index in [4.69, 9.17) is 0 Å². The summed E-state index contributed by atoms with van der Waals surface area (Å²) < 4.78 is 1.97. The number of para-hydroxylation sites is 1. The summed E-state index contributed by atoms with van der Waals surface area (Å²) in [5.41, 5.74) is 3.52. The van der Waals surface area contributed by atoms with Crippen LogP contribution in [0.25, 0.3) is 5.69 Å². The number of unbranched alkanes of at least 4 members (excludes halogenated alkanes) is 1. The number of hydrogen-bond donors (Lipinski definition) is 1. The van der Waals surface area contributed by atoms with E-state index in [9.17, 15) is 0 Å². The molecule has 0 aliphatic rings. The van der Waals surface area contributed by atoms with Crippen molar-refractivity contribution in [2.24, 2.45) is 4.99 Å². The third-order valence-electron chi connectivity index (χ3n) is 4.35. The first-order chi connectivity index (χ1) is 12.2. The molecule has 0 bridgehead atoms. The Labute approximate surface area is 174 Å². The molecule has 0 fully saturated rings. The van der Waals surface area contributed by atoms with Crippen LogP contribution < -0.4 is 5.32 Å². The minimum Gasteiger partial charge on any atom is -0.356 e. The summed E-state index contributed by atoms with van der Waals surface area (Å²) in [6.07, 6.45) is 6.61. The van der Waals surface area contributed by atoms with Gasteiger partial charge in [0.15, 0.2) is 5.96 Å². The van der Waals surface area contributed by atoms with Gasteiger partial charge in [0, 0.05) is 33.4 Å². The molecule has 0 saturated carbocycles. The van der Waals surface area contributed by atoms with Gasteiger partial charge in [0.05, 0.1) is 11.4 Å². The molecule has 6 heteroatoms. The molecule has 0 atom stereocenters. The van der Waals surface area contributed by atoms with Crippen LogP contribution in [0.4, 0.5) is 0 Å². The van der Waals surface area contributed by atoms with Crippen LogP contribution in [0.2, 0.25) is 0 Å². The maximum absolute atomic E-state index is 4.64. The van der Waals surface area contributed by atoms with Gasteiger partial charge in [-0.3, -0.25) is 4.99 Å². The lowest BCUT2D eigenvalue weighted by Gasteiger charge is -2.21. The largest absolute Gasteiger partial charge is 0.356 e. The van der Waals surface area contributed by atoms with Gasteiger partial charge in [0.1, 0.15) is 0 Å². The highest BCUT2D eigenvalue weighted by Crippen LogP contribution is 2.13. The minimum absolute atomic E-state index is 0. The third kappa shape index (κ3) is 6.63. The SMILES string of the molecule is CCCCN(C)C(=NC)NCCCc1cn(-c2ccccc2)nc1C.I. The van der Waals surface area contributed by atoms with E-state index in [0.29, 0.717) is 0 Å². The van der Waals surface area contributed by atoms with Crippen molar-refractivity contribution < 1.29 is 0 Å². The van der Waals surface area contributed by atoms with Crippen LogP contribution in [0.1, 0.15) is 37.4 Å². The molecule has 0 unspecified atom stereocenters. The number of guanidine groups is 1. The topological polar surface area (TPSA) is 45.5 Å². The van der Waals surface area contributed by atoms with Crippen molar-refractivity contribution in [1.82, 2.24) is 20.0 Å². The highest BCUT2D eigenvalue weighted by Gasteiger charge is 2.07. The lowest BCUT2D eigenvalue weighted by atomic mass is 10.1. The average Bonchev–Trinajstić information content (AvgIpc) is 3.01. The number of aliphatic imine (C=N–C) groups is 1. The van der Waals surface area contributed by atoms with Crippen molar-refractivity contribution in [2.75, 3.05) is 27.2 Å². The Hall–Kier alpha value is -1.57. The Kier molecular flexibility index (Phi) is 10.3. The first-order valence-electron chi connectivity index (χ1n) is 9.18. The molecule has 2 aromatic rings. The number of benzene rings is 1. The molecule has 0 amide bonds. The van der Waals surface area contributed by atoms with Crippen LogP contribution in [0, 0.1) is 6.92 Å². The van der Waals surface area contributed by atoms with Gasteiger partial charge in [-0.25, -0.2) is 4.68 Å². The highest BCUT2D eigenvalue weighted by atomic mass is 127. The standard InChI is InChI=1S/C20H31N5.HI/c1-5-6-15-24(4)20(21-3)22-14-10-11-18-16-25(23-17(18)2)19-12-8-7-9-13-19;/h7-9,12-13,16H,5-6,10-11,14-15H2,1-4H3,(H,21,22);1H. The monoisotopic (exact) mass is 469 g/mol.